The minimum absolute atomic E-state index is 0.0741. The van der Waals surface area contributed by atoms with Crippen LogP contribution in [0.1, 0.15) is 43.2 Å². The van der Waals surface area contributed by atoms with E-state index in [2.05, 4.69) is 17.4 Å². The molecule has 0 atom stereocenters. The molecular formula is C18H21NO2. The molecule has 1 N–H and O–H groups in total. The molecule has 0 unspecified atom stereocenters. The first-order chi connectivity index (χ1) is 10.3. The maximum absolute atomic E-state index is 12.4. The Morgan fingerprint density at radius 1 is 1.19 bits per heavy atom. The molecule has 1 aromatic carbocycles. The number of rotatable bonds is 4. The second-order valence-corrected chi connectivity index (χ2v) is 6.14. The number of fused-ring (bicyclic) bond motifs is 1. The highest BCUT2D eigenvalue weighted by atomic mass is 16.1. The van der Waals surface area contributed by atoms with Gasteiger partial charge in [0.1, 0.15) is 6.29 Å². The van der Waals surface area contributed by atoms with Crippen LogP contribution in [0.2, 0.25) is 0 Å². The van der Waals surface area contributed by atoms with Gasteiger partial charge in [-0.3, -0.25) is 4.79 Å². The van der Waals surface area contributed by atoms with E-state index in [0.29, 0.717) is 12.3 Å². The fourth-order valence-corrected chi connectivity index (χ4v) is 3.38. The van der Waals surface area contributed by atoms with E-state index < -0.39 is 0 Å². The van der Waals surface area contributed by atoms with Crippen molar-refractivity contribution in [2.75, 3.05) is 0 Å². The van der Waals surface area contributed by atoms with Gasteiger partial charge in [-0.1, -0.05) is 24.3 Å². The molecule has 0 spiro atoms. The fraction of sp³-hybridized carbons (Fsp3) is 0.444. The first-order valence-electron chi connectivity index (χ1n) is 7.79. The highest BCUT2D eigenvalue weighted by Gasteiger charge is 2.24. The molecule has 0 saturated heterocycles. The van der Waals surface area contributed by atoms with Gasteiger partial charge in [0.15, 0.2) is 0 Å². The minimum atomic E-state index is 0.0741. The van der Waals surface area contributed by atoms with Gasteiger partial charge in [-0.05, 0) is 48.8 Å². The molecule has 0 aromatic heterocycles. The summed E-state index contributed by atoms with van der Waals surface area (Å²) < 4.78 is 0. The molecule has 0 bridgehead atoms. The van der Waals surface area contributed by atoms with Crippen LogP contribution < -0.4 is 5.32 Å². The molecule has 1 fully saturated rings. The quantitative estimate of drug-likeness (QED) is 0.864. The van der Waals surface area contributed by atoms with Crippen molar-refractivity contribution in [3.05, 3.63) is 41.0 Å². The lowest BCUT2D eigenvalue weighted by Crippen LogP contribution is -2.38. The molecule has 0 heterocycles. The number of hydrogen-bond donors (Lipinski definition) is 1. The van der Waals surface area contributed by atoms with Crippen molar-refractivity contribution in [3.8, 4) is 0 Å². The highest BCUT2D eigenvalue weighted by molar-refractivity contribution is 6.00. The van der Waals surface area contributed by atoms with Crippen LogP contribution in [-0.2, 0) is 16.0 Å². The Balaban J connectivity index is 1.53. The number of hydrogen-bond acceptors (Lipinski definition) is 2. The first kappa shape index (κ1) is 14.1. The molecule has 0 aliphatic heterocycles. The van der Waals surface area contributed by atoms with Crippen LogP contribution >= 0.6 is 0 Å². The molecule has 3 rings (SSSR count). The molecule has 1 amide bonds. The largest absolute Gasteiger partial charge is 0.350 e. The van der Waals surface area contributed by atoms with Gasteiger partial charge in [-0.2, -0.15) is 0 Å². The summed E-state index contributed by atoms with van der Waals surface area (Å²) in [5.41, 5.74) is 3.26. The SMILES string of the molecule is O=CCC1CCC(NC(=O)C2=Cc3ccccc3C2)CC1. The smallest absolute Gasteiger partial charge is 0.247 e. The van der Waals surface area contributed by atoms with Gasteiger partial charge in [-0.25, -0.2) is 0 Å². The van der Waals surface area contributed by atoms with Gasteiger partial charge in [0.25, 0.3) is 0 Å². The summed E-state index contributed by atoms with van der Waals surface area (Å²) in [5.74, 6) is 0.593. The van der Waals surface area contributed by atoms with Gasteiger partial charge >= 0.3 is 0 Å². The lowest BCUT2D eigenvalue weighted by Gasteiger charge is -2.28. The first-order valence-corrected chi connectivity index (χ1v) is 7.79. The second-order valence-electron chi connectivity index (χ2n) is 6.14. The van der Waals surface area contributed by atoms with Gasteiger partial charge in [-0.15, -0.1) is 0 Å². The van der Waals surface area contributed by atoms with Crippen LogP contribution in [0.15, 0.2) is 29.8 Å². The van der Waals surface area contributed by atoms with E-state index in [4.69, 9.17) is 0 Å². The molecule has 3 nitrogen and oxygen atoms in total. The van der Waals surface area contributed by atoms with Crippen LogP contribution in [0.5, 0.6) is 0 Å². The molecule has 1 aromatic rings. The molecule has 2 aliphatic carbocycles. The lowest BCUT2D eigenvalue weighted by atomic mass is 9.84. The summed E-state index contributed by atoms with van der Waals surface area (Å²) in [6, 6.07) is 8.42. The zero-order chi connectivity index (χ0) is 14.7. The zero-order valence-corrected chi connectivity index (χ0v) is 12.2. The van der Waals surface area contributed by atoms with Crippen molar-refractivity contribution >= 4 is 18.3 Å². The maximum Gasteiger partial charge on any atom is 0.247 e. The number of benzene rings is 1. The molecule has 0 radical (unpaired) electrons. The number of aldehydes is 1. The molecule has 110 valence electrons. The molecule has 3 heteroatoms. The lowest BCUT2D eigenvalue weighted by molar-refractivity contribution is -0.118. The van der Waals surface area contributed by atoms with E-state index in [-0.39, 0.29) is 11.9 Å². The van der Waals surface area contributed by atoms with Crippen molar-refractivity contribution in [2.24, 2.45) is 5.92 Å². The number of nitrogens with one attached hydrogen (secondary N) is 1. The Bertz CT molecular complexity index is 568. The molecule has 1 saturated carbocycles. The third-order valence-corrected chi connectivity index (χ3v) is 4.67. The second kappa shape index (κ2) is 6.25. The van der Waals surface area contributed by atoms with E-state index in [9.17, 15) is 9.59 Å². The molecule has 21 heavy (non-hydrogen) atoms. The third kappa shape index (κ3) is 3.23. The summed E-state index contributed by atoms with van der Waals surface area (Å²) in [4.78, 5) is 22.9. The Morgan fingerprint density at radius 2 is 1.95 bits per heavy atom. The molecular weight excluding hydrogens is 262 g/mol. The Labute approximate surface area is 125 Å². The van der Waals surface area contributed by atoms with Crippen molar-refractivity contribution in [1.82, 2.24) is 5.32 Å². The monoisotopic (exact) mass is 283 g/mol. The van der Waals surface area contributed by atoms with E-state index >= 15 is 0 Å². The van der Waals surface area contributed by atoms with E-state index in [1.54, 1.807) is 0 Å². The summed E-state index contributed by atoms with van der Waals surface area (Å²) >= 11 is 0. The average molecular weight is 283 g/mol. The Morgan fingerprint density at radius 3 is 2.67 bits per heavy atom. The topological polar surface area (TPSA) is 46.2 Å². The van der Waals surface area contributed by atoms with Gasteiger partial charge in [0, 0.05) is 24.5 Å². The normalized spacial score (nSPS) is 24.1. The summed E-state index contributed by atoms with van der Waals surface area (Å²) in [6.07, 6.45) is 8.50. The van der Waals surface area contributed by atoms with Crippen LogP contribution in [-0.4, -0.2) is 18.2 Å². The zero-order valence-electron chi connectivity index (χ0n) is 12.2. The van der Waals surface area contributed by atoms with Crippen LogP contribution in [0.3, 0.4) is 0 Å². The average Bonchev–Trinajstić information content (AvgIpc) is 2.94. The number of carbonyl (C=O) groups is 2. The predicted octanol–water partition coefficient (Wildman–Crippen LogP) is 2.89. The van der Waals surface area contributed by atoms with Crippen molar-refractivity contribution in [3.63, 3.8) is 0 Å². The Hall–Kier alpha value is -1.90. The van der Waals surface area contributed by atoms with Gasteiger partial charge < -0.3 is 10.1 Å². The Kier molecular flexibility index (Phi) is 4.18. The maximum atomic E-state index is 12.4. The van der Waals surface area contributed by atoms with Crippen molar-refractivity contribution < 1.29 is 9.59 Å². The minimum Gasteiger partial charge on any atom is -0.350 e. The summed E-state index contributed by atoms with van der Waals surface area (Å²) in [6.45, 7) is 0. The standard InChI is InChI=1S/C18H21NO2/c20-10-9-13-5-7-17(8-6-13)19-18(21)16-11-14-3-1-2-4-15(14)12-16/h1-4,10-11,13,17H,5-9,12H2,(H,19,21). The highest BCUT2D eigenvalue weighted by Crippen LogP contribution is 2.28. The van der Waals surface area contributed by atoms with Crippen LogP contribution in [0.25, 0.3) is 6.08 Å². The predicted molar refractivity (Wildman–Crippen MR) is 82.7 cm³/mol. The van der Waals surface area contributed by atoms with E-state index in [1.807, 2.05) is 18.2 Å². The van der Waals surface area contributed by atoms with E-state index in [0.717, 1.165) is 49.5 Å². The number of amides is 1. The fourth-order valence-electron chi connectivity index (χ4n) is 3.38. The van der Waals surface area contributed by atoms with Crippen LogP contribution in [0.4, 0.5) is 0 Å². The van der Waals surface area contributed by atoms with Crippen molar-refractivity contribution in [1.29, 1.82) is 0 Å². The van der Waals surface area contributed by atoms with E-state index in [1.165, 1.54) is 5.56 Å². The molecule has 2 aliphatic rings. The van der Waals surface area contributed by atoms with Crippen LogP contribution in [0, 0.1) is 5.92 Å². The third-order valence-electron chi connectivity index (χ3n) is 4.67. The van der Waals surface area contributed by atoms with Gasteiger partial charge in [0.2, 0.25) is 5.91 Å². The summed E-state index contributed by atoms with van der Waals surface area (Å²) in [7, 11) is 0. The number of carbonyl (C=O) groups excluding carboxylic acids is 2. The van der Waals surface area contributed by atoms with Crippen molar-refractivity contribution in [2.45, 2.75) is 44.6 Å². The summed E-state index contributed by atoms with van der Waals surface area (Å²) in [5, 5.41) is 3.16. The van der Waals surface area contributed by atoms with Gasteiger partial charge in [0.05, 0.1) is 0 Å².